The van der Waals surface area contributed by atoms with Gasteiger partial charge in [0, 0.05) is 6.07 Å². The average molecular weight is 262 g/mol. The number of fused-ring (bicyclic) bond motifs is 1. The van der Waals surface area contributed by atoms with Gasteiger partial charge >= 0.3 is 0 Å². The molecule has 0 saturated carbocycles. The van der Waals surface area contributed by atoms with Gasteiger partial charge in [0.15, 0.2) is 24.4 Å². The number of hydrogen-bond acceptors (Lipinski definition) is 7. The summed E-state index contributed by atoms with van der Waals surface area (Å²) < 4.78 is 15.9. The Labute approximate surface area is 107 Å². The van der Waals surface area contributed by atoms with Crippen LogP contribution in [0.15, 0.2) is 12.1 Å². The molecule has 2 aromatic rings. The Morgan fingerprint density at radius 2 is 2.21 bits per heavy atom. The van der Waals surface area contributed by atoms with Crippen LogP contribution >= 0.6 is 0 Å². The molecule has 0 unspecified atom stereocenters. The summed E-state index contributed by atoms with van der Waals surface area (Å²) in [6.45, 7) is 0.261. The predicted octanol–water partition coefficient (Wildman–Crippen LogP) is 0.330. The minimum Gasteiger partial charge on any atom is -0.485 e. The highest BCUT2D eigenvalue weighted by molar-refractivity contribution is 5.81. The smallest absolute Gasteiger partial charge is 0.231 e. The van der Waals surface area contributed by atoms with Gasteiger partial charge < -0.3 is 14.2 Å². The highest BCUT2D eigenvalue weighted by Gasteiger charge is 2.18. The van der Waals surface area contributed by atoms with Gasteiger partial charge in [-0.1, -0.05) is 0 Å². The Morgan fingerprint density at radius 1 is 1.42 bits per heavy atom. The third-order valence-electron chi connectivity index (χ3n) is 2.54. The lowest BCUT2D eigenvalue weighted by molar-refractivity contribution is 0.111. The molecule has 0 atom stereocenters. The monoisotopic (exact) mass is 262 g/mol. The third kappa shape index (κ3) is 2.19. The van der Waals surface area contributed by atoms with E-state index in [1.807, 2.05) is 0 Å². The lowest BCUT2D eigenvalue weighted by Crippen LogP contribution is -2.01. The molecule has 3 rings (SSSR count). The number of tetrazole rings is 1. The zero-order valence-electron chi connectivity index (χ0n) is 10.1. The summed E-state index contributed by atoms with van der Waals surface area (Å²) in [7, 11) is 1.66. The first-order valence-corrected chi connectivity index (χ1v) is 5.51. The molecule has 98 valence electrons. The topological polar surface area (TPSA) is 88.4 Å². The van der Waals surface area contributed by atoms with Crippen LogP contribution in [-0.4, -0.2) is 33.3 Å². The van der Waals surface area contributed by atoms with Gasteiger partial charge in [-0.15, -0.1) is 10.2 Å². The first kappa shape index (κ1) is 11.5. The van der Waals surface area contributed by atoms with Crippen LogP contribution in [0.5, 0.6) is 17.2 Å². The van der Waals surface area contributed by atoms with Gasteiger partial charge in [0.1, 0.15) is 5.75 Å². The third-order valence-corrected chi connectivity index (χ3v) is 2.54. The summed E-state index contributed by atoms with van der Waals surface area (Å²) in [5, 5.41) is 11.5. The molecule has 19 heavy (non-hydrogen) atoms. The average Bonchev–Trinajstić information content (AvgIpc) is 3.03. The predicted molar refractivity (Wildman–Crippen MR) is 61.1 cm³/mol. The van der Waals surface area contributed by atoms with Gasteiger partial charge in [-0.3, -0.25) is 4.79 Å². The molecule has 0 saturated heterocycles. The van der Waals surface area contributed by atoms with Crippen molar-refractivity contribution in [2.45, 2.75) is 6.61 Å². The fourth-order valence-corrected chi connectivity index (χ4v) is 1.68. The number of carbonyl (C=O) groups excluding carboxylic acids is 1. The van der Waals surface area contributed by atoms with Crippen molar-refractivity contribution in [3.63, 3.8) is 0 Å². The lowest BCUT2D eigenvalue weighted by atomic mass is 10.2. The number of rotatable bonds is 4. The largest absolute Gasteiger partial charge is 0.485 e. The molecular formula is C11H10N4O4. The first-order chi connectivity index (χ1) is 9.26. The van der Waals surface area contributed by atoms with E-state index >= 15 is 0 Å². The van der Waals surface area contributed by atoms with E-state index in [9.17, 15) is 4.79 Å². The fraction of sp³-hybridized carbons (Fsp3) is 0.273. The molecular weight excluding hydrogens is 252 g/mol. The van der Waals surface area contributed by atoms with E-state index in [0.717, 1.165) is 0 Å². The van der Waals surface area contributed by atoms with Crippen LogP contribution in [0.3, 0.4) is 0 Å². The van der Waals surface area contributed by atoms with E-state index in [2.05, 4.69) is 15.4 Å². The zero-order valence-corrected chi connectivity index (χ0v) is 10.1. The molecule has 1 aromatic heterocycles. The zero-order chi connectivity index (χ0) is 13.2. The Bertz CT molecular complexity index is 625. The second kappa shape index (κ2) is 4.56. The molecule has 2 heterocycles. The summed E-state index contributed by atoms with van der Waals surface area (Å²) in [5.74, 6) is 1.91. The molecule has 0 amide bonds. The number of hydrogen-bond donors (Lipinski definition) is 0. The fourth-order valence-electron chi connectivity index (χ4n) is 1.68. The van der Waals surface area contributed by atoms with Crippen molar-refractivity contribution in [3.8, 4) is 17.2 Å². The maximum Gasteiger partial charge on any atom is 0.231 e. The van der Waals surface area contributed by atoms with E-state index in [4.69, 9.17) is 14.2 Å². The molecule has 1 aromatic carbocycles. The van der Waals surface area contributed by atoms with Gasteiger partial charge in [-0.25, -0.2) is 0 Å². The Kier molecular flexibility index (Phi) is 2.75. The van der Waals surface area contributed by atoms with Gasteiger partial charge in [0.2, 0.25) is 12.6 Å². The molecule has 1 aliphatic heterocycles. The van der Waals surface area contributed by atoms with Crippen molar-refractivity contribution in [2.24, 2.45) is 7.05 Å². The van der Waals surface area contributed by atoms with Crippen LogP contribution in [0, 0.1) is 0 Å². The van der Waals surface area contributed by atoms with Crippen molar-refractivity contribution in [1.82, 2.24) is 20.2 Å². The summed E-state index contributed by atoms with van der Waals surface area (Å²) in [4.78, 5) is 12.4. The molecule has 0 fully saturated rings. The van der Waals surface area contributed by atoms with E-state index < -0.39 is 0 Å². The number of aryl methyl sites for hydroxylation is 1. The molecule has 8 heteroatoms. The van der Waals surface area contributed by atoms with Crippen LogP contribution in [0.2, 0.25) is 0 Å². The quantitative estimate of drug-likeness (QED) is 0.733. The number of ether oxygens (including phenoxy) is 3. The van der Waals surface area contributed by atoms with Gasteiger partial charge in [0.25, 0.3) is 0 Å². The van der Waals surface area contributed by atoms with E-state index in [1.165, 1.54) is 4.80 Å². The molecule has 1 aliphatic rings. The highest BCUT2D eigenvalue weighted by atomic mass is 16.7. The molecule has 0 N–H and O–H groups in total. The minimum absolute atomic E-state index is 0.119. The van der Waals surface area contributed by atoms with Crippen LogP contribution in [-0.2, 0) is 13.7 Å². The molecule has 0 radical (unpaired) electrons. The van der Waals surface area contributed by atoms with Gasteiger partial charge in [-0.05, 0) is 11.3 Å². The van der Waals surface area contributed by atoms with Crippen LogP contribution < -0.4 is 14.2 Å². The maximum atomic E-state index is 11.0. The number of aromatic nitrogens is 4. The molecule has 0 spiro atoms. The van der Waals surface area contributed by atoms with E-state index in [1.54, 1.807) is 19.2 Å². The SMILES string of the molecule is Cn1nnc(COc2cc3c(cc2C=O)OCO3)n1. The Hall–Kier alpha value is -2.64. The first-order valence-electron chi connectivity index (χ1n) is 5.51. The normalized spacial score (nSPS) is 12.5. The number of carbonyl (C=O) groups is 1. The second-order valence-corrected chi connectivity index (χ2v) is 3.84. The molecule has 0 aliphatic carbocycles. The summed E-state index contributed by atoms with van der Waals surface area (Å²) in [5.41, 5.74) is 0.383. The second-order valence-electron chi connectivity index (χ2n) is 3.84. The number of nitrogens with zero attached hydrogens (tertiary/aromatic N) is 4. The summed E-state index contributed by atoms with van der Waals surface area (Å²) in [6.07, 6.45) is 0.696. The van der Waals surface area contributed by atoms with Crippen molar-refractivity contribution in [2.75, 3.05) is 6.79 Å². The Morgan fingerprint density at radius 3 is 2.89 bits per heavy atom. The summed E-state index contributed by atoms with van der Waals surface area (Å²) >= 11 is 0. The maximum absolute atomic E-state index is 11.0. The minimum atomic E-state index is 0.119. The number of aldehydes is 1. The highest BCUT2D eigenvalue weighted by Crippen LogP contribution is 2.37. The van der Waals surface area contributed by atoms with E-state index in [-0.39, 0.29) is 13.4 Å². The van der Waals surface area contributed by atoms with Crippen LogP contribution in [0.25, 0.3) is 0 Å². The summed E-state index contributed by atoms with van der Waals surface area (Å²) in [6, 6.07) is 3.19. The number of benzene rings is 1. The van der Waals surface area contributed by atoms with Crippen molar-refractivity contribution in [1.29, 1.82) is 0 Å². The van der Waals surface area contributed by atoms with Gasteiger partial charge in [0.05, 0.1) is 12.6 Å². The lowest BCUT2D eigenvalue weighted by Gasteiger charge is -2.07. The standard InChI is InChI=1S/C11H10N4O4/c1-15-13-11(12-14-15)5-17-8-3-10-9(18-6-19-10)2-7(8)4-16/h2-4H,5-6H2,1H3. The molecule has 8 nitrogen and oxygen atoms in total. The van der Waals surface area contributed by atoms with Gasteiger partial charge in [-0.2, -0.15) is 4.80 Å². The van der Waals surface area contributed by atoms with Crippen molar-refractivity contribution < 1.29 is 19.0 Å². The Balaban J connectivity index is 1.81. The van der Waals surface area contributed by atoms with Crippen LogP contribution in [0.1, 0.15) is 16.2 Å². The van der Waals surface area contributed by atoms with Crippen LogP contribution in [0.4, 0.5) is 0 Å². The molecule has 0 bridgehead atoms. The van der Waals surface area contributed by atoms with Crippen molar-refractivity contribution in [3.05, 3.63) is 23.5 Å². The van der Waals surface area contributed by atoms with E-state index in [0.29, 0.717) is 34.9 Å². The van der Waals surface area contributed by atoms with Crippen molar-refractivity contribution >= 4 is 6.29 Å².